The van der Waals surface area contributed by atoms with Crippen LogP contribution < -0.4 is 4.74 Å². The number of hydrogen-bond donors (Lipinski definition) is 1. The maximum Gasteiger partial charge on any atom is 0.119 e. The van der Waals surface area contributed by atoms with Crippen LogP contribution in [0.4, 0.5) is 0 Å². The largest absolute Gasteiger partial charge is 0.494 e. The van der Waals surface area contributed by atoms with E-state index < -0.39 is 5.60 Å². The van der Waals surface area contributed by atoms with Gasteiger partial charge in [-0.2, -0.15) is 0 Å². The lowest BCUT2D eigenvalue weighted by atomic mass is 9.69. The zero-order valence-electron chi connectivity index (χ0n) is 11.6. The van der Waals surface area contributed by atoms with Crippen LogP contribution in [0.2, 0.25) is 0 Å². The second-order valence-corrected chi connectivity index (χ2v) is 5.67. The Morgan fingerprint density at radius 2 is 2.17 bits per heavy atom. The molecule has 0 aromatic heterocycles. The summed E-state index contributed by atoms with van der Waals surface area (Å²) in [4.78, 5) is 0. The summed E-state index contributed by atoms with van der Waals surface area (Å²) in [5.74, 6) is 1.88. The molecule has 0 bridgehead atoms. The minimum Gasteiger partial charge on any atom is -0.494 e. The summed E-state index contributed by atoms with van der Waals surface area (Å²) >= 11 is 0. The monoisotopic (exact) mass is 248 g/mol. The standard InChI is InChI=1S/C16H24O2/c1-4-18-15-7-5-6-14(11-15)16(17)9-8-12(2)10-13(16)3/h5-7,11-13,17H,4,8-10H2,1-3H3. The SMILES string of the molecule is CCOc1cccc(C2(O)CCC(C)CC2C)c1. The van der Waals surface area contributed by atoms with Gasteiger partial charge in [-0.1, -0.05) is 26.0 Å². The molecule has 1 saturated carbocycles. The van der Waals surface area contributed by atoms with Gasteiger partial charge in [0, 0.05) is 0 Å². The molecule has 1 fully saturated rings. The maximum absolute atomic E-state index is 11.0. The van der Waals surface area contributed by atoms with Crippen molar-refractivity contribution in [2.75, 3.05) is 6.61 Å². The van der Waals surface area contributed by atoms with Crippen molar-refractivity contribution in [2.24, 2.45) is 11.8 Å². The summed E-state index contributed by atoms with van der Waals surface area (Å²) in [6.45, 7) is 7.07. The molecule has 0 aliphatic heterocycles. The van der Waals surface area contributed by atoms with Crippen LogP contribution >= 0.6 is 0 Å². The lowest BCUT2D eigenvalue weighted by Gasteiger charge is -2.41. The minimum atomic E-state index is -0.681. The number of rotatable bonds is 3. The summed E-state index contributed by atoms with van der Waals surface area (Å²) in [7, 11) is 0. The highest BCUT2D eigenvalue weighted by atomic mass is 16.5. The maximum atomic E-state index is 11.0. The van der Waals surface area contributed by atoms with Crippen LogP contribution in [0.3, 0.4) is 0 Å². The van der Waals surface area contributed by atoms with Crippen molar-refractivity contribution in [3.63, 3.8) is 0 Å². The van der Waals surface area contributed by atoms with Crippen LogP contribution in [0.5, 0.6) is 5.75 Å². The van der Waals surface area contributed by atoms with Gasteiger partial charge in [-0.3, -0.25) is 0 Å². The molecule has 0 saturated heterocycles. The highest BCUT2D eigenvalue weighted by molar-refractivity contribution is 5.33. The molecule has 1 aliphatic carbocycles. The number of ether oxygens (including phenoxy) is 1. The summed E-state index contributed by atoms with van der Waals surface area (Å²) in [5.41, 5.74) is 0.326. The molecule has 1 aromatic carbocycles. The van der Waals surface area contributed by atoms with Gasteiger partial charge in [-0.15, -0.1) is 0 Å². The van der Waals surface area contributed by atoms with Gasteiger partial charge in [0.2, 0.25) is 0 Å². The molecule has 2 heteroatoms. The Morgan fingerprint density at radius 1 is 1.39 bits per heavy atom. The molecule has 3 atom stereocenters. The molecule has 1 aliphatic rings. The summed E-state index contributed by atoms with van der Waals surface area (Å²) < 4.78 is 5.53. The topological polar surface area (TPSA) is 29.5 Å². The Balaban J connectivity index is 2.26. The lowest BCUT2D eigenvalue weighted by molar-refractivity contribution is -0.0589. The highest BCUT2D eigenvalue weighted by Crippen LogP contribution is 2.44. The first-order valence-electron chi connectivity index (χ1n) is 7.02. The smallest absolute Gasteiger partial charge is 0.119 e. The zero-order chi connectivity index (χ0) is 13.2. The summed E-state index contributed by atoms with van der Waals surface area (Å²) in [6, 6.07) is 7.94. The van der Waals surface area contributed by atoms with Crippen LogP contribution in [-0.2, 0) is 5.60 Å². The van der Waals surface area contributed by atoms with Crippen molar-refractivity contribution in [3.05, 3.63) is 29.8 Å². The van der Waals surface area contributed by atoms with E-state index in [9.17, 15) is 5.11 Å². The molecular formula is C16H24O2. The van der Waals surface area contributed by atoms with Crippen molar-refractivity contribution >= 4 is 0 Å². The molecule has 0 spiro atoms. The van der Waals surface area contributed by atoms with Crippen LogP contribution in [0.15, 0.2) is 24.3 Å². The Morgan fingerprint density at radius 3 is 2.83 bits per heavy atom. The van der Waals surface area contributed by atoms with Crippen molar-refractivity contribution in [3.8, 4) is 5.75 Å². The van der Waals surface area contributed by atoms with E-state index in [1.54, 1.807) is 0 Å². The fourth-order valence-corrected chi connectivity index (χ4v) is 3.08. The average molecular weight is 248 g/mol. The third kappa shape index (κ3) is 2.54. The molecule has 2 nitrogen and oxygen atoms in total. The molecule has 100 valence electrons. The van der Waals surface area contributed by atoms with E-state index in [0.29, 0.717) is 12.5 Å². The first kappa shape index (κ1) is 13.4. The second-order valence-electron chi connectivity index (χ2n) is 5.67. The second kappa shape index (κ2) is 5.31. The van der Waals surface area contributed by atoms with E-state index in [1.807, 2.05) is 31.2 Å². The Hall–Kier alpha value is -1.02. The van der Waals surface area contributed by atoms with E-state index in [2.05, 4.69) is 13.8 Å². The van der Waals surface area contributed by atoms with Gasteiger partial charge in [-0.25, -0.2) is 0 Å². The van der Waals surface area contributed by atoms with Gasteiger partial charge in [-0.05, 0) is 55.7 Å². The van der Waals surface area contributed by atoms with Crippen LogP contribution in [0, 0.1) is 11.8 Å². The first-order valence-corrected chi connectivity index (χ1v) is 7.02. The van der Waals surface area contributed by atoms with Gasteiger partial charge in [0.25, 0.3) is 0 Å². The van der Waals surface area contributed by atoms with Crippen molar-refractivity contribution in [2.45, 2.75) is 45.6 Å². The first-order chi connectivity index (χ1) is 8.56. The third-order valence-electron chi connectivity index (χ3n) is 4.23. The molecule has 0 heterocycles. The lowest BCUT2D eigenvalue weighted by Crippen LogP contribution is -2.38. The van der Waals surface area contributed by atoms with Gasteiger partial charge < -0.3 is 9.84 Å². The van der Waals surface area contributed by atoms with Crippen molar-refractivity contribution in [1.29, 1.82) is 0 Å². The van der Waals surface area contributed by atoms with Crippen LogP contribution in [-0.4, -0.2) is 11.7 Å². The molecule has 1 N–H and O–H groups in total. The van der Waals surface area contributed by atoms with Gasteiger partial charge in [0.1, 0.15) is 5.75 Å². The molecular weight excluding hydrogens is 224 g/mol. The highest BCUT2D eigenvalue weighted by Gasteiger charge is 2.39. The molecule has 2 rings (SSSR count). The third-order valence-corrected chi connectivity index (χ3v) is 4.23. The molecule has 0 amide bonds. The minimum absolute atomic E-state index is 0.304. The van der Waals surface area contributed by atoms with E-state index in [0.717, 1.165) is 36.5 Å². The van der Waals surface area contributed by atoms with E-state index >= 15 is 0 Å². The van der Waals surface area contributed by atoms with E-state index in [-0.39, 0.29) is 0 Å². The Kier molecular flexibility index (Phi) is 3.96. The Labute approximate surface area is 110 Å². The fourth-order valence-electron chi connectivity index (χ4n) is 3.08. The molecule has 0 radical (unpaired) electrons. The molecule has 3 unspecified atom stereocenters. The van der Waals surface area contributed by atoms with E-state index in [4.69, 9.17) is 4.74 Å². The number of benzene rings is 1. The molecule has 18 heavy (non-hydrogen) atoms. The van der Waals surface area contributed by atoms with Gasteiger partial charge in [0.15, 0.2) is 0 Å². The normalized spacial score (nSPS) is 32.2. The average Bonchev–Trinajstić information content (AvgIpc) is 2.35. The summed E-state index contributed by atoms with van der Waals surface area (Å²) in [5, 5.41) is 11.0. The summed E-state index contributed by atoms with van der Waals surface area (Å²) in [6.07, 6.45) is 3.04. The number of hydrogen-bond acceptors (Lipinski definition) is 2. The number of aliphatic hydroxyl groups is 1. The molecule has 1 aromatic rings. The quantitative estimate of drug-likeness (QED) is 0.883. The van der Waals surface area contributed by atoms with Gasteiger partial charge in [0.05, 0.1) is 12.2 Å². The van der Waals surface area contributed by atoms with Gasteiger partial charge >= 0.3 is 0 Å². The van der Waals surface area contributed by atoms with Crippen LogP contribution in [0.25, 0.3) is 0 Å². The predicted molar refractivity (Wildman–Crippen MR) is 73.7 cm³/mol. The van der Waals surface area contributed by atoms with Crippen molar-refractivity contribution < 1.29 is 9.84 Å². The van der Waals surface area contributed by atoms with E-state index in [1.165, 1.54) is 0 Å². The fraction of sp³-hybridized carbons (Fsp3) is 0.625. The van der Waals surface area contributed by atoms with Crippen molar-refractivity contribution in [1.82, 2.24) is 0 Å². The van der Waals surface area contributed by atoms with Crippen LogP contribution in [0.1, 0.15) is 45.6 Å². The zero-order valence-corrected chi connectivity index (χ0v) is 11.6. The predicted octanol–water partition coefficient (Wildman–Crippen LogP) is 3.73. The Bertz CT molecular complexity index is 402.